The SMILES string of the molecule is COC[C@]12CCCN(C(=O)OCc3ccccc3)[C@@]1(C)c1ccccc1C2. The molecule has 0 spiro atoms. The predicted molar refractivity (Wildman–Crippen MR) is 104 cm³/mol. The molecule has 1 saturated heterocycles. The summed E-state index contributed by atoms with van der Waals surface area (Å²) in [6.07, 6.45) is 2.72. The van der Waals surface area contributed by atoms with E-state index in [2.05, 4.69) is 31.2 Å². The predicted octanol–water partition coefficient (Wildman–Crippen LogP) is 4.52. The van der Waals surface area contributed by atoms with Crippen LogP contribution in [0, 0.1) is 5.41 Å². The molecule has 0 radical (unpaired) electrons. The number of benzene rings is 2. The molecule has 1 amide bonds. The van der Waals surface area contributed by atoms with Gasteiger partial charge in [-0.2, -0.15) is 0 Å². The summed E-state index contributed by atoms with van der Waals surface area (Å²) in [7, 11) is 1.75. The van der Waals surface area contributed by atoms with Gasteiger partial charge in [0.1, 0.15) is 6.61 Å². The number of amides is 1. The number of hydrogen-bond acceptors (Lipinski definition) is 3. The van der Waals surface area contributed by atoms with Crippen LogP contribution in [0.1, 0.15) is 36.5 Å². The molecule has 4 heteroatoms. The van der Waals surface area contributed by atoms with Crippen LogP contribution in [0.5, 0.6) is 0 Å². The van der Waals surface area contributed by atoms with Crippen LogP contribution in [-0.4, -0.2) is 31.3 Å². The van der Waals surface area contributed by atoms with Gasteiger partial charge in [0.2, 0.25) is 0 Å². The van der Waals surface area contributed by atoms with Crippen molar-refractivity contribution in [2.45, 2.75) is 38.3 Å². The van der Waals surface area contributed by atoms with Crippen molar-refractivity contribution < 1.29 is 14.3 Å². The number of carbonyl (C=O) groups is 1. The Bertz CT molecular complexity index is 817. The Morgan fingerprint density at radius 1 is 1.11 bits per heavy atom. The molecule has 142 valence electrons. The molecule has 0 N–H and O–H groups in total. The lowest BCUT2D eigenvalue weighted by molar-refractivity contribution is -0.0850. The summed E-state index contributed by atoms with van der Waals surface area (Å²) in [5.41, 5.74) is 3.04. The highest BCUT2D eigenvalue weighted by atomic mass is 16.6. The smallest absolute Gasteiger partial charge is 0.410 e. The molecule has 4 nitrogen and oxygen atoms in total. The van der Waals surface area contributed by atoms with Crippen LogP contribution in [0.15, 0.2) is 54.6 Å². The number of fused-ring (bicyclic) bond motifs is 3. The molecule has 1 fully saturated rings. The molecule has 2 aliphatic rings. The fourth-order valence-corrected chi connectivity index (χ4v) is 5.15. The first-order valence-corrected chi connectivity index (χ1v) is 9.66. The number of piperidine rings is 1. The highest BCUT2D eigenvalue weighted by molar-refractivity contribution is 5.70. The zero-order valence-corrected chi connectivity index (χ0v) is 16.1. The molecule has 0 aromatic heterocycles. The molecular weight excluding hydrogens is 338 g/mol. The van der Waals surface area contributed by atoms with Crippen LogP contribution in [0.2, 0.25) is 0 Å². The van der Waals surface area contributed by atoms with E-state index in [1.54, 1.807) is 7.11 Å². The van der Waals surface area contributed by atoms with Crippen LogP contribution in [0.3, 0.4) is 0 Å². The summed E-state index contributed by atoms with van der Waals surface area (Å²) in [5, 5.41) is 0. The Kier molecular flexibility index (Phi) is 4.68. The minimum absolute atomic E-state index is 0.102. The van der Waals surface area contributed by atoms with Crippen molar-refractivity contribution in [2.75, 3.05) is 20.3 Å². The van der Waals surface area contributed by atoms with Gasteiger partial charge in [0.05, 0.1) is 12.1 Å². The first-order valence-electron chi connectivity index (χ1n) is 9.66. The monoisotopic (exact) mass is 365 g/mol. The number of likely N-dealkylation sites (tertiary alicyclic amines) is 1. The van der Waals surface area contributed by atoms with Crippen molar-refractivity contribution in [3.63, 3.8) is 0 Å². The number of nitrogens with zero attached hydrogens (tertiary/aromatic N) is 1. The van der Waals surface area contributed by atoms with Crippen molar-refractivity contribution in [1.82, 2.24) is 4.90 Å². The van der Waals surface area contributed by atoms with Crippen LogP contribution >= 0.6 is 0 Å². The standard InChI is InChI=1S/C23H27NO3/c1-22-20-12-7-6-11-19(20)15-23(22,17-26-2)13-8-14-24(22)21(25)27-16-18-9-4-3-5-10-18/h3-7,9-12H,8,13-17H2,1-2H3/t22-,23+/m0/s1. The largest absolute Gasteiger partial charge is 0.445 e. The fourth-order valence-electron chi connectivity index (χ4n) is 5.15. The average molecular weight is 365 g/mol. The second-order valence-corrected chi connectivity index (χ2v) is 7.91. The highest BCUT2D eigenvalue weighted by Crippen LogP contribution is 2.58. The summed E-state index contributed by atoms with van der Waals surface area (Å²) in [6.45, 7) is 3.84. The van der Waals surface area contributed by atoms with E-state index in [0.29, 0.717) is 19.8 Å². The van der Waals surface area contributed by atoms with E-state index >= 15 is 0 Å². The Morgan fingerprint density at radius 2 is 1.85 bits per heavy atom. The maximum Gasteiger partial charge on any atom is 0.410 e. The van der Waals surface area contributed by atoms with Gasteiger partial charge in [0.25, 0.3) is 0 Å². The summed E-state index contributed by atoms with van der Waals surface area (Å²) >= 11 is 0. The van der Waals surface area contributed by atoms with Crippen LogP contribution in [0.4, 0.5) is 4.79 Å². The first-order chi connectivity index (χ1) is 13.1. The molecule has 0 bridgehead atoms. The van der Waals surface area contributed by atoms with E-state index in [-0.39, 0.29) is 11.5 Å². The Hall–Kier alpha value is -2.33. The molecule has 0 unspecified atom stereocenters. The van der Waals surface area contributed by atoms with E-state index in [9.17, 15) is 4.79 Å². The Balaban J connectivity index is 1.65. The van der Waals surface area contributed by atoms with Gasteiger partial charge in [-0.3, -0.25) is 4.90 Å². The molecule has 2 aromatic carbocycles. The van der Waals surface area contributed by atoms with Crippen molar-refractivity contribution in [1.29, 1.82) is 0 Å². The second kappa shape index (κ2) is 7.01. The van der Waals surface area contributed by atoms with Gasteiger partial charge in [0, 0.05) is 19.1 Å². The minimum atomic E-state index is -0.411. The summed E-state index contributed by atoms with van der Waals surface area (Å²) in [5.74, 6) is 0. The lowest BCUT2D eigenvalue weighted by Gasteiger charge is -2.53. The van der Waals surface area contributed by atoms with Crippen molar-refractivity contribution in [3.05, 3.63) is 71.3 Å². The molecule has 2 aromatic rings. The zero-order valence-electron chi connectivity index (χ0n) is 16.1. The third-order valence-electron chi connectivity index (χ3n) is 6.53. The number of hydrogen-bond donors (Lipinski definition) is 0. The molecular formula is C23H27NO3. The number of methoxy groups -OCH3 is 1. The van der Waals surface area contributed by atoms with Gasteiger partial charge in [-0.25, -0.2) is 4.79 Å². The van der Waals surface area contributed by atoms with E-state index in [0.717, 1.165) is 24.8 Å². The van der Waals surface area contributed by atoms with E-state index in [1.165, 1.54) is 11.1 Å². The average Bonchev–Trinajstić information content (AvgIpc) is 2.96. The van der Waals surface area contributed by atoms with Gasteiger partial charge in [-0.1, -0.05) is 54.6 Å². The highest BCUT2D eigenvalue weighted by Gasteiger charge is 2.60. The normalized spacial score (nSPS) is 26.4. The number of ether oxygens (including phenoxy) is 2. The minimum Gasteiger partial charge on any atom is -0.445 e. The molecule has 27 heavy (non-hydrogen) atoms. The summed E-state index contributed by atoms with van der Waals surface area (Å²) in [4.78, 5) is 15.1. The van der Waals surface area contributed by atoms with Gasteiger partial charge < -0.3 is 9.47 Å². The molecule has 1 aliphatic heterocycles. The third kappa shape index (κ3) is 2.83. The molecule has 1 heterocycles. The molecule has 1 aliphatic carbocycles. The van der Waals surface area contributed by atoms with Gasteiger partial charge in [-0.15, -0.1) is 0 Å². The molecule has 2 atom stereocenters. The van der Waals surface area contributed by atoms with Crippen molar-refractivity contribution >= 4 is 6.09 Å². The first kappa shape index (κ1) is 18.1. The lowest BCUT2D eigenvalue weighted by atomic mass is 9.65. The number of carbonyl (C=O) groups excluding carboxylic acids is 1. The van der Waals surface area contributed by atoms with Crippen molar-refractivity contribution in [3.8, 4) is 0 Å². The van der Waals surface area contributed by atoms with E-state index in [4.69, 9.17) is 9.47 Å². The summed E-state index contributed by atoms with van der Waals surface area (Å²) in [6, 6.07) is 18.3. The fraction of sp³-hybridized carbons (Fsp3) is 0.435. The molecule has 4 rings (SSSR count). The number of rotatable bonds is 4. The van der Waals surface area contributed by atoms with Gasteiger partial charge in [0.15, 0.2) is 0 Å². The second-order valence-electron chi connectivity index (χ2n) is 7.91. The Labute approximate surface area is 161 Å². The molecule has 0 saturated carbocycles. The maximum absolute atomic E-state index is 13.1. The Morgan fingerprint density at radius 3 is 2.63 bits per heavy atom. The van der Waals surface area contributed by atoms with E-state index < -0.39 is 5.54 Å². The van der Waals surface area contributed by atoms with Crippen LogP contribution in [-0.2, 0) is 28.0 Å². The maximum atomic E-state index is 13.1. The van der Waals surface area contributed by atoms with Crippen LogP contribution in [0.25, 0.3) is 0 Å². The zero-order chi connectivity index (χ0) is 18.9. The third-order valence-corrected chi connectivity index (χ3v) is 6.53. The van der Waals surface area contributed by atoms with Crippen molar-refractivity contribution in [2.24, 2.45) is 5.41 Å². The lowest BCUT2D eigenvalue weighted by Crippen LogP contribution is -2.60. The quantitative estimate of drug-likeness (QED) is 0.799. The van der Waals surface area contributed by atoms with Gasteiger partial charge >= 0.3 is 6.09 Å². The van der Waals surface area contributed by atoms with Gasteiger partial charge in [-0.05, 0) is 42.9 Å². The summed E-state index contributed by atoms with van der Waals surface area (Å²) < 4.78 is 11.4. The van der Waals surface area contributed by atoms with E-state index in [1.807, 2.05) is 35.2 Å². The topological polar surface area (TPSA) is 38.8 Å². The van der Waals surface area contributed by atoms with Crippen LogP contribution < -0.4 is 0 Å².